The molecule has 0 spiro atoms. The minimum atomic E-state index is -0.312. The van der Waals surface area contributed by atoms with Crippen LogP contribution in [0.2, 0.25) is 0 Å². The zero-order valence-electron chi connectivity index (χ0n) is 10.1. The van der Waals surface area contributed by atoms with Crippen LogP contribution in [-0.4, -0.2) is 18.2 Å². The number of ether oxygens (including phenoxy) is 1. The maximum Gasteiger partial charge on any atom is 0.316 e. The number of methoxy groups -OCH3 is 1. The summed E-state index contributed by atoms with van der Waals surface area (Å²) >= 11 is 0. The first-order valence-electron chi connectivity index (χ1n) is 6.03. The summed E-state index contributed by atoms with van der Waals surface area (Å²) in [6.07, 6.45) is 2.56. The van der Waals surface area contributed by atoms with Crippen molar-refractivity contribution in [2.45, 2.75) is 25.2 Å². The van der Waals surface area contributed by atoms with Gasteiger partial charge in [0.25, 0.3) is 0 Å². The molecular weight excluding hydrogens is 232 g/mol. The highest BCUT2D eigenvalue weighted by molar-refractivity contribution is 5.87. The van der Waals surface area contributed by atoms with Gasteiger partial charge in [0.2, 0.25) is 0 Å². The van der Waals surface area contributed by atoms with Crippen LogP contribution in [0.5, 0.6) is 5.75 Å². The molecule has 1 aliphatic rings. The molecule has 94 valence electrons. The third kappa shape index (κ3) is 1.56. The van der Waals surface area contributed by atoms with Gasteiger partial charge in [0.1, 0.15) is 23.0 Å². The summed E-state index contributed by atoms with van der Waals surface area (Å²) in [7, 11) is 1.39. The zero-order valence-corrected chi connectivity index (χ0v) is 10.1. The van der Waals surface area contributed by atoms with E-state index in [1.54, 1.807) is 18.2 Å². The number of benzene rings is 1. The molecule has 4 heteroatoms. The van der Waals surface area contributed by atoms with Crippen LogP contribution in [0, 0.1) is 0 Å². The fraction of sp³-hybridized carbons (Fsp3) is 0.357. The molecular formula is C14H14O4. The van der Waals surface area contributed by atoms with E-state index in [1.807, 2.05) is 0 Å². The predicted molar refractivity (Wildman–Crippen MR) is 65.6 cm³/mol. The second-order valence-corrected chi connectivity index (χ2v) is 4.59. The van der Waals surface area contributed by atoms with Crippen molar-refractivity contribution in [1.82, 2.24) is 0 Å². The third-order valence-electron chi connectivity index (χ3n) is 3.53. The summed E-state index contributed by atoms with van der Waals surface area (Å²) in [5, 5.41) is 10.4. The fourth-order valence-electron chi connectivity index (χ4n) is 2.68. The highest BCUT2D eigenvalue weighted by atomic mass is 16.5. The van der Waals surface area contributed by atoms with Gasteiger partial charge < -0.3 is 14.3 Å². The van der Waals surface area contributed by atoms with Gasteiger partial charge in [0, 0.05) is 10.9 Å². The fourth-order valence-corrected chi connectivity index (χ4v) is 2.68. The number of phenols is 1. The van der Waals surface area contributed by atoms with Gasteiger partial charge >= 0.3 is 5.97 Å². The number of aryl methyl sites for hydroxylation is 1. The molecule has 0 fully saturated rings. The Morgan fingerprint density at radius 2 is 2.33 bits per heavy atom. The van der Waals surface area contributed by atoms with E-state index in [4.69, 9.17) is 9.15 Å². The minimum absolute atomic E-state index is 0.214. The largest absolute Gasteiger partial charge is 0.508 e. The smallest absolute Gasteiger partial charge is 0.316 e. The minimum Gasteiger partial charge on any atom is -0.508 e. The molecule has 0 radical (unpaired) electrons. The Bertz CT molecular complexity index is 612. The van der Waals surface area contributed by atoms with Crippen molar-refractivity contribution in [2.75, 3.05) is 7.11 Å². The second-order valence-electron chi connectivity index (χ2n) is 4.59. The standard InChI is InChI=1S/C14H14O4/c1-17-14(16)10-4-2-3-9-11-7-8(15)5-6-12(11)18-13(9)10/h5-7,10,15H,2-4H2,1H3. The van der Waals surface area contributed by atoms with Gasteiger partial charge in [-0.05, 0) is 37.5 Å². The SMILES string of the molecule is COC(=O)C1CCCc2c1oc1ccc(O)cc21. The van der Waals surface area contributed by atoms with E-state index in [9.17, 15) is 9.90 Å². The monoisotopic (exact) mass is 246 g/mol. The Labute approximate surface area is 104 Å². The Kier molecular flexibility index (Phi) is 2.51. The Hall–Kier alpha value is -1.97. The van der Waals surface area contributed by atoms with Crippen LogP contribution in [-0.2, 0) is 16.0 Å². The van der Waals surface area contributed by atoms with Crippen LogP contribution >= 0.6 is 0 Å². The van der Waals surface area contributed by atoms with Crippen molar-refractivity contribution in [1.29, 1.82) is 0 Å². The molecule has 1 unspecified atom stereocenters. The van der Waals surface area contributed by atoms with E-state index in [1.165, 1.54) is 7.11 Å². The zero-order chi connectivity index (χ0) is 12.7. The van der Waals surface area contributed by atoms with E-state index >= 15 is 0 Å². The average molecular weight is 246 g/mol. The number of phenolic OH excluding ortho intramolecular Hbond substituents is 1. The first-order chi connectivity index (χ1) is 8.70. The van der Waals surface area contributed by atoms with Crippen LogP contribution in [0.3, 0.4) is 0 Å². The van der Waals surface area contributed by atoms with Crippen molar-refractivity contribution < 1.29 is 19.1 Å². The number of fused-ring (bicyclic) bond motifs is 3. The lowest BCUT2D eigenvalue weighted by atomic mass is 9.87. The molecule has 1 N–H and O–H groups in total. The lowest BCUT2D eigenvalue weighted by Gasteiger charge is -2.18. The first-order valence-corrected chi connectivity index (χ1v) is 6.03. The Morgan fingerprint density at radius 3 is 3.11 bits per heavy atom. The Morgan fingerprint density at radius 1 is 1.50 bits per heavy atom. The van der Waals surface area contributed by atoms with Gasteiger partial charge in [0.05, 0.1) is 7.11 Å². The van der Waals surface area contributed by atoms with Crippen LogP contribution in [0.1, 0.15) is 30.1 Å². The molecule has 0 aliphatic heterocycles. The molecule has 0 saturated heterocycles. The Balaban J connectivity index is 2.18. The van der Waals surface area contributed by atoms with Crippen LogP contribution in [0.15, 0.2) is 22.6 Å². The van der Waals surface area contributed by atoms with Gasteiger partial charge in [-0.3, -0.25) is 4.79 Å². The number of aromatic hydroxyl groups is 1. The van der Waals surface area contributed by atoms with Gasteiger partial charge in [-0.2, -0.15) is 0 Å². The average Bonchev–Trinajstić information content (AvgIpc) is 2.75. The molecule has 0 bridgehead atoms. The van der Waals surface area contributed by atoms with Gasteiger partial charge in [-0.15, -0.1) is 0 Å². The molecule has 1 aliphatic carbocycles. The van der Waals surface area contributed by atoms with Crippen LogP contribution < -0.4 is 0 Å². The van der Waals surface area contributed by atoms with E-state index < -0.39 is 0 Å². The highest BCUT2D eigenvalue weighted by Gasteiger charge is 2.32. The maximum absolute atomic E-state index is 11.7. The van der Waals surface area contributed by atoms with Crippen LogP contribution in [0.4, 0.5) is 0 Å². The van der Waals surface area contributed by atoms with E-state index in [0.29, 0.717) is 11.3 Å². The lowest BCUT2D eigenvalue weighted by Crippen LogP contribution is -2.18. The third-order valence-corrected chi connectivity index (χ3v) is 3.53. The normalized spacial score (nSPS) is 18.6. The number of carbonyl (C=O) groups is 1. The summed E-state index contributed by atoms with van der Waals surface area (Å²) in [5.41, 5.74) is 1.75. The molecule has 1 heterocycles. The van der Waals surface area contributed by atoms with Crippen molar-refractivity contribution in [2.24, 2.45) is 0 Å². The van der Waals surface area contributed by atoms with Gasteiger partial charge in [0.15, 0.2) is 0 Å². The summed E-state index contributed by atoms with van der Waals surface area (Å²) in [5.74, 6) is 0.354. The number of rotatable bonds is 1. The molecule has 18 heavy (non-hydrogen) atoms. The predicted octanol–water partition coefficient (Wildman–Crippen LogP) is 2.73. The summed E-state index contributed by atoms with van der Waals surface area (Å²) in [6, 6.07) is 5.01. The molecule has 0 saturated carbocycles. The van der Waals surface area contributed by atoms with Crippen molar-refractivity contribution in [3.63, 3.8) is 0 Å². The van der Waals surface area contributed by atoms with E-state index in [0.717, 1.165) is 30.2 Å². The van der Waals surface area contributed by atoms with E-state index in [-0.39, 0.29) is 17.6 Å². The summed E-state index contributed by atoms with van der Waals surface area (Å²) < 4.78 is 10.6. The second kappa shape index (κ2) is 4.05. The van der Waals surface area contributed by atoms with E-state index in [2.05, 4.69) is 0 Å². The summed E-state index contributed by atoms with van der Waals surface area (Å²) in [4.78, 5) is 11.7. The first kappa shape index (κ1) is 11.1. The number of carbonyl (C=O) groups excluding carboxylic acids is 1. The van der Waals surface area contributed by atoms with Gasteiger partial charge in [-0.25, -0.2) is 0 Å². The number of hydrogen-bond acceptors (Lipinski definition) is 4. The highest BCUT2D eigenvalue weighted by Crippen LogP contribution is 2.39. The van der Waals surface area contributed by atoms with Crippen molar-refractivity contribution in [3.05, 3.63) is 29.5 Å². The molecule has 2 aromatic rings. The van der Waals surface area contributed by atoms with Gasteiger partial charge in [-0.1, -0.05) is 0 Å². The molecule has 4 nitrogen and oxygen atoms in total. The van der Waals surface area contributed by atoms with Crippen LogP contribution in [0.25, 0.3) is 11.0 Å². The number of esters is 1. The molecule has 3 rings (SSSR count). The molecule has 1 aromatic carbocycles. The maximum atomic E-state index is 11.7. The molecule has 0 amide bonds. The summed E-state index contributed by atoms with van der Waals surface area (Å²) in [6.45, 7) is 0. The number of furan rings is 1. The molecule has 1 atom stereocenters. The lowest BCUT2D eigenvalue weighted by molar-refractivity contribution is -0.143. The number of hydrogen-bond donors (Lipinski definition) is 1. The topological polar surface area (TPSA) is 59.7 Å². The van der Waals surface area contributed by atoms with Crippen molar-refractivity contribution in [3.8, 4) is 5.75 Å². The molecule has 1 aromatic heterocycles. The quantitative estimate of drug-likeness (QED) is 0.786. The van der Waals surface area contributed by atoms with Crippen molar-refractivity contribution >= 4 is 16.9 Å².